The van der Waals surface area contributed by atoms with Crippen molar-refractivity contribution in [3.8, 4) is 0 Å². The maximum Gasteiger partial charge on any atom is 0.306 e. The van der Waals surface area contributed by atoms with Gasteiger partial charge in [0.1, 0.15) is 6.61 Å². The quantitative estimate of drug-likeness (QED) is 0.733. The van der Waals surface area contributed by atoms with Crippen molar-refractivity contribution in [1.82, 2.24) is 0 Å². The normalized spacial score (nSPS) is 13.8. The van der Waals surface area contributed by atoms with Crippen LogP contribution in [-0.4, -0.2) is 17.2 Å². The molecule has 1 aromatic carbocycles. The SMILES string of the molecule is CCCC[C@H](O)[C@@H](C)CC(=O)OCc1ccccc1. The third-order valence-corrected chi connectivity index (χ3v) is 3.24. The lowest BCUT2D eigenvalue weighted by atomic mass is 9.97. The van der Waals surface area contributed by atoms with Gasteiger partial charge in [-0.15, -0.1) is 0 Å². The standard InChI is InChI=1S/C16H24O3/c1-3-4-10-15(17)13(2)11-16(18)19-12-14-8-6-5-7-9-14/h5-9,13,15,17H,3-4,10-12H2,1-2H3/t13-,15-/m0/s1. The van der Waals surface area contributed by atoms with E-state index < -0.39 is 6.10 Å². The molecule has 0 aliphatic heterocycles. The van der Waals surface area contributed by atoms with Crippen LogP contribution in [0.3, 0.4) is 0 Å². The number of carbonyl (C=O) groups is 1. The Balaban J connectivity index is 2.27. The molecular weight excluding hydrogens is 240 g/mol. The van der Waals surface area contributed by atoms with Crippen LogP contribution in [0.2, 0.25) is 0 Å². The highest BCUT2D eigenvalue weighted by Crippen LogP contribution is 2.15. The van der Waals surface area contributed by atoms with Crippen molar-refractivity contribution >= 4 is 5.97 Å². The number of carbonyl (C=O) groups excluding carboxylic acids is 1. The molecule has 0 bridgehead atoms. The van der Waals surface area contributed by atoms with Crippen LogP contribution in [0.1, 0.15) is 45.1 Å². The van der Waals surface area contributed by atoms with Gasteiger partial charge in [0.25, 0.3) is 0 Å². The summed E-state index contributed by atoms with van der Waals surface area (Å²) < 4.78 is 5.20. The monoisotopic (exact) mass is 264 g/mol. The van der Waals surface area contributed by atoms with Crippen molar-refractivity contribution < 1.29 is 14.6 Å². The van der Waals surface area contributed by atoms with Gasteiger partial charge in [0.2, 0.25) is 0 Å². The second-order valence-corrected chi connectivity index (χ2v) is 5.04. The average Bonchev–Trinajstić information content (AvgIpc) is 2.43. The Labute approximate surface area is 115 Å². The summed E-state index contributed by atoms with van der Waals surface area (Å²) in [5.41, 5.74) is 0.982. The van der Waals surface area contributed by atoms with E-state index in [0.29, 0.717) is 6.61 Å². The molecule has 0 fully saturated rings. The molecule has 0 spiro atoms. The highest BCUT2D eigenvalue weighted by molar-refractivity contribution is 5.69. The van der Waals surface area contributed by atoms with Gasteiger partial charge in [-0.25, -0.2) is 0 Å². The van der Waals surface area contributed by atoms with Gasteiger partial charge in [-0.3, -0.25) is 4.79 Å². The molecule has 106 valence electrons. The number of hydrogen-bond donors (Lipinski definition) is 1. The van der Waals surface area contributed by atoms with E-state index in [9.17, 15) is 9.90 Å². The van der Waals surface area contributed by atoms with Gasteiger partial charge < -0.3 is 9.84 Å². The van der Waals surface area contributed by atoms with Crippen LogP contribution < -0.4 is 0 Å². The third kappa shape index (κ3) is 6.39. The van der Waals surface area contributed by atoms with Crippen molar-refractivity contribution in [1.29, 1.82) is 0 Å². The van der Waals surface area contributed by atoms with Gasteiger partial charge in [-0.1, -0.05) is 57.0 Å². The van der Waals surface area contributed by atoms with E-state index in [1.807, 2.05) is 37.3 Å². The highest BCUT2D eigenvalue weighted by atomic mass is 16.5. The summed E-state index contributed by atoms with van der Waals surface area (Å²) in [6.07, 6.45) is 2.66. The molecule has 0 aromatic heterocycles. The first-order chi connectivity index (χ1) is 9.13. The van der Waals surface area contributed by atoms with Gasteiger partial charge in [-0.05, 0) is 17.9 Å². The highest BCUT2D eigenvalue weighted by Gasteiger charge is 2.18. The lowest BCUT2D eigenvalue weighted by Gasteiger charge is -2.17. The fourth-order valence-corrected chi connectivity index (χ4v) is 1.89. The molecule has 1 aromatic rings. The second-order valence-electron chi connectivity index (χ2n) is 5.04. The maximum absolute atomic E-state index is 11.7. The molecule has 0 heterocycles. The Kier molecular flexibility index (Phi) is 7.19. The van der Waals surface area contributed by atoms with Gasteiger partial charge in [0, 0.05) is 0 Å². The first-order valence-corrected chi connectivity index (χ1v) is 7.01. The molecule has 3 heteroatoms. The van der Waals surface area contributed by atoms with Gasteiger partial charge in [0.15, 0.2) is 0 Å². The number of esters is 1. The fourth-order valence-electron chi connectivity index (χ4n) is 1.89. The molecule has 1 rings (SSSR count). The molecule has 2 atom stereocenters. The van der Waals surface area contributed by atoms with Gasteiger partial charge >= 0.3 is 5.97 Å². The predicted molar refractivity (Wildman–Crippen MR) is 75.6 cm³/mol. The number of aliphatic hydroxyl groups excluding tert-OH is 1. The predicted octanol–water partition coefficient (Wildman–Crippen LogP) is 3.31. The zero-order valence-electron chi connectivity index (χ0n) is 11.8. The lowest BCUT2D eigenvalue weighted by Crippen LogP contribution is -2.21. The van der Waals surface area contributed by atoms with Crippen LogP contribution in [0.5, 0.6) is 0 Å². The summed E-state index contributed by atoms with van der Waals surface area (Å²) in [6, 6.07) is 9.61. The molecule has 0 saturated heterocycles. The number of rotatable bonds is 8. The van der Waals surface area contributed by atoms with Crippen LogP contribution in [0.25, 0.3) is 0 Å². The van der Waals surface area contributed by atoms with Crippen LogP contribution >= 0.6 is 0 Å². The molecule has 0 radical (unpaired) electrons. The molecule has 3 nitrogen and oxygen atoms in total. The summed E-state index contributed by atoms with van der Waals surface area (Å²) in [6.45, 7) is 4.28. The molecule has 0 aliphatic carbocycles. The summed E-state index contributed by atoms with van der Waals surface area (Å²) in [7, 11) is 0. The van der Waals surface area contributed by atoms with Gasteiger partial charge in [0.05, 0.1) is 12.5 Å². The Bertz CT molecular complexity index is 362. The van der Waals surface area contributed by atoms with Gasteiger partial charge in [-0.2, -0.15) is 0 Å². The van der Waals surface area contributed by atoms with Crippen LogP contribution in [0.4, 0.5) is 0 Å². The van der Waals surface area contributed by atoms with Crippen molar-refractivity contribution in [2.24, 2.45) is 5.92 Å². The first-order valence-electron chi connectivity index (χ1n) is 7.01. The minimum atomic E-state index is -0.413. The maximum atomic E-state index is 11.7. The minimum Gasteiger partial charge on any atom is -0.461 e. The molecule has 0 amide bonds. The first kappa shape index (κ1) is 15.7. The summed E-state index contributed by atoms with van der Waals surface area (Å²) >= 11 is 0. The topological polar surface area (TPSA) is 46.5 Å². The van der Waals surface area contributed by atoms with Crippen LogP contribution in [0, 0.1) is 5.92 Å². The number of ether oxygens (including phenoxy) is 1. The number of unbranched alkanes of at least 4 members (excludes halogenated alkanes) is 1. The summed E-state index contributed by atoms with van der Waals surface area (Å²) in [5, 5.41) is 9.88. The zero-order chi connectivity index (χ0) is 14.1. The van der Waals surface area contributed by atoms with E-state index in [2.05, 4.69) is 6.92 Å². The van der Waals surface area contributed by atoms with Crippen molar-refractivity contribution in [2.45, 2.75) is 52.2 Å². The number of benzene rings is 1. The van der Waals surface area contributed by atoms with E-state index in [1.54, 1.807) is 0 Å². The Hall–Kier alpha value is -1.35. The number of aliphatic hydroxyl groups is 1. The van der Waals surface area contributed by atoms with Crippen molar-refractivity contribution in [3.63, 3.8) is 0 Å². The van der Waals surface area contributed by atoms with Crippen molar-refractivity contribution in [2.75, 3.05) is 0 Å². The molecule has 1 N–H and O–H groups in total. The van der Waals surface area contributed by atoms with E-state index in [4.69, 9.17) is 4.74 Å². The molecule has 0 unspecified atom stereocenters. The Morgan fingerprint density at radius 3 is 2.63 bits per heavy atom. The lowest BCUT2D eigenvalue weighted by molar-refractivity contribution is -0.147. The Morgan fingerprint density at radius 2 is 2.00 bits per heavy atom. The van der Waals surface area contributed by atoms with E-state index in [-0.39, 0.29) is 18.3 Å². The summed E-state index contributed by atoms with van der Waals surface area (Å²) in [5.74, 6) is -0.290. The molecule has 0 saturated carbocycles. The molecule has 0 aliphatic rings. The molecule has 19 heavy (non-hydrogen) atoms. The van der Waals surface area contributed by atoms with Crippen LogP contribution in [-0.2, 0) is 16.1 Å². The number of hydrogen-bond acceptors (Lipinski definition) is 3. The van der Waals surface area contributed by atoms with Crippen LogP contribution in [0.15, 0.2) is 30.3 Å². The third-order valence-electron chi connectivity index (χ3n) is 3.24. The van der Waals surface area contributed by atoms with E-state index in [1.165, 1.54) is 0 Å². The second kappa shape index (κ2) is 8.70. The largest absolute Gasteiger partial charge is 0.461 e. The van der Waals surface area contributed by atoms with E-state index in [0.717, 1.165) is 24.8 Å². The van der Waals surface area contributed by atoms with Crippen molar-refractivity contribution in [3.05, 3.63) is 35.9 Å². The fraction of sp³-hybridized carbons (Fsp3) is 0.562. The summed E-state index contributed by atoms with van der Waals surface area (Å²) in [4.78, 5) is 11.7. The van der Waals surface area contributed by atoms with E-state index >= 15 is 0 Å². The smallest absolute Gasteiger partial charge is 0.306 e. The molecular formula is C16H24O3. The zero-order valence-corrected chi connectivity index (χ0v) is 11.8. The Morgan fingerprint density at radius 1 is 1.32 bits per heavy atom. The average molecular weight is 264 g/mol. The minimum absolute atomic E-state index is 0.0465.